The Labute approximate surface area is 55.6 Å². The average Bonchev–Trinajstić information content (AvgIpc) is 1.67. The quantitative estimate of drug-likeness (QED) is 0.463. The second-order valence-electron chi connectivity index (χ2n) is 1.72. The van der Waals surface area contributed by atoms with Crippen molar-refractivity contribution < 1.29 is 0 Å². The Bertz CT molecular complexity index is 107. The van der Waals surface area contributed by atoms with E-state index in [0.717, 1.165) is 18.4 Å². The minimum Gasteiger partial charge on any atom is -0.390 e. The Balaban J connectivity index is 3.49. The zero-order valence-electron chi connectivity index (χ0n) is 5.11. The minimum absolute atomic E-state index is 0.451. The van der Waals surface area contributed by atoms with Crippen molar-refractivity contribution in [3.05, 3.63) is 12.2 Å². The molecule has 0 aromatic carbocycles. The fraction of sp³-hybridized carbons (Fsp3) is 0.500. The topological polar surface area (TPSA) is 26.0 Å². The van der Waals surface area contributed by atoms with Crippen LogP contribution in [0, 0.1) is 0 Å². The Morgan fingerprint density at radius 3 is 2.38 bits per heavy atom. The first-order chi connectivity index (χ1) is 3.68. The summed E-state index contributed by atoms with van der Waals surface area (Å²) in [5.74, 6) is 0. The first-order valence-corrected chi connectivity index (χ1v) is 3.07. The third-order valence-electron chi connectivity index (χ3n) is 0.900. The molecule has 0 spiro atoms. The van der Waals surface area contributed by atoms with E-state index in [4.69, 9.17) is 5.73 Å². The molecule has 2 N–H and O–H groups in total. The van der Waals surface area contributed by atoms with Gasteiger partial charge in [0.05, 0.1) is 4.99 Å². The van der Waals surface area contributed by atoms with Crippen LogP contribution >= 0.6 is 12.2 Å². The summed E-state index contributed by atoms with van der Waals surface area (Å²) in [6, 6.07) is 0. The zero-order chi connectivity index (χ0) is 6.57. The summed E-state index contributed by atoms with van der Waals surface area (Å²) in [5, 5.41) is 0. The van der Waals surface area contributed by atoms with E-state index in [2.05, 4.69) is 25.7 Å². The first-order valence-electron chi connectivity index (χ1n) is 2.66. The number of nitrogens with two attached hydrogens (primary N) is 1. The van der Waals surface area contributed by atoms with Crippen molar-refractivity contribution in [3.8, 4) is 0 Å². The number of rotatable bonds is 3. The van der Waals surface area contributed by atoms with Crippen LogP contribution in [0.3, 0.4) is 0 Å². The van der Waals surface area contributed by atoms with Gasteiger partial charge in [-0.3, -0.25) is 0 Å². The van der Waals surface area contributed by atoms with Gasteiger partial charge in [-0.1, -0.05) is 32.1 Å². The van der Waals surface area contributed by atoms with Gasteiger partial charge < -0.3 is 5.73 Å². The monoisotopic (exact) mass is 129 g/mol. The molecule has 0 aliphatic heterocycles. The van der Waals surface area contributed by atoms with Crippen molar-refractivity contribution in [1.82, 2.24) is 0 Å². The van der Waals surface area contributed by atoms with Crippen molar-refractivity contribution in [3.63, 3.8) is 0 Å². The van der Waals surface area contributed by atoms with Crippen LogP contribution < -0.4 is 5.73 Å². The van der Waals surface area contributed by atoms with Crippen LogP contribution in [0.2, 0.25) is 0 Å². The van der Waals surface area contributed by atoms with Gasteiger partial charge in [0.2, 0.25) is 0 Å². The molecule has 1 nitrogen and oxygen atoms in total. The van der Waals surface area contributed by atoms with Crippen LogP contribution in [0.4, 0.5) is 0 Å². The summed E-state index contributed by atoms with van der Waals surface area (Å²) in [6.07, 6.45) is 1.99. The Morgan fingerprint density at radius 1 is 1.75 bits per heavy atom. The SMILES string of the molecule is C=C(CCC)C(N)=S. The van der Waals surface area contributed by atoms with Crippen LogP contribution in [0.25, 0.3) is 0 Å². The van der Waals surface area contributed by atoms with Crippen LogP contribution in [0.1, 0.15) is 19.8 Å². The smallest absolute Gasteiger partial charge is 0.0988 e. The number of hydrogen-bond donors (Lipinski definition) is 1. The molecule has 0 saturated carbocycles. The van der Waals surface area contributed by atoms with E-state index in [1.807, 2.05) is 0 Å². The molecule has 0 saturated heterocycles. The summed E-state index contributed by atoms with van der Waals surface area (Å²) >= 11 is 4.66. The Kier molecular flexibility index (Phi) is 3.44. The highest BCUT2D eigenvalue weighted by Gasteiger charge is 1.92. The van der Waals surface area contributed by atoms with Gasteiger partial charge in [-0.25, -0.2) is 0 Å². The van der Waals surface area contributed by atoms with Crippen molar-refractivity contribution >= 4 is 17.2 Å². The van der Waals surface area contributed by atoms with Crippen LogP contribution in [0.5, 0.6) is 0 Å². The van der Waals surface area contributed by atoms with Crippen LogP contribution in [-0.4, -0.2) is 4.99 Å². The molecule has 0 unspecified atom stereocenters. The predicted molar refractivity (Wildman–Crippen MR) is 40.8 cm³/mol. The molecule has 2 heteroatoms. The molecule has 0 fully saturated rings. The fourth-order valence-electron chi connectivity index (χ4n) is 0.425. The second kappa shape index (κ2) is 3.61. The number of hydrogen-bond acceptors (Lipinski definition) is 1. The molecular weight excluding hydrogens is 118 g/mol. The van der Waals surface area contributed by atoms with Crippen LogP contribution in [0.15, 0.2) is 12.2 Å². The Morgan fingerprint density at radius 2 is 2.25 bits per heavy atom. The normalized spacial score (nSPS) is 8.62. The summed E-state index contributed by atoms with van der Waals surface area (Å²) in [5.41, 5.74) is 6.15. The largest absolute Gasteiger partial charge is 0.390 e. The van der Waals surface area contributed by atoms with Gasteiger partial charge in [0.15, 0.2) is 0 Å². The highest BCUT2D eigenvalue weighted by atomic mass is 32.1. The lowest BCUT2D eigenvalue weighted by atomic mass is 10.2. The second-order valence-corrected chi connectivity index (χ2v) is 2.16. The van der Waals surface area contributed by atoms with Gasteiger partial charge in [-0.2, -0.15) is 0 Å². The van der Waals surface area contributed by atoms with E-state index in [1.165, 1.54) is 0 Å². The number of thiocarbonyl (C=S) groups is 1. The van der Waals surface area contributed by atoms with E-state index in [-0.39, 0.29) is 0 Å². The highest BCUT2D eigenvalue weighted by molar-refractivity contribution is 7.80. The van der Waals surface area contributed by atoms with E-state index < -0.39 is 0 Å². The summed E-state index contributed by atoms with van der Waals surface area (Å²) in [7, 11) is 0. The maximum absolute atomic E-state index is 5.25. The Hall–Kier alpha value is -0.370. The molecule has 46 valence electrons. The maximum atomic E-state index is 5.25. The average molecular weight is 129 g/mol. The predicted octanol–water partition coefficient (Wildman–Crippen LogP) is 1.63. The van der Waals surface area contributed by atoms with E-state index in [1.54, 1.807) is 0 Å². The summed E-state index contributed by atoms with van der Waals surface area (Å²) in [6.45, 7) is 5.75. The van der Waals surface area contributed by atoms with Crippen LogP contribution in [-0.2, 0) is 0 Å². The molecule has 8 heavy (non-hydrogen) atoms. The van der Waals surface area contributed by atoms with Gasteiger partial charge in [0.25, 0.3) is 0 Å². The standard InChI is InChI=1S/C6H11NS/c1-3-4-5(2)6(7)8/h2-4H2,1H3,(H2,7,8). The lowest BCUT2D eigenvalue weighted by molar-refractivity contribution is 0.940. The van der Waals surface area contributed by atoms with E-state index in [0.29, 0.717) is 4.99 Å². The maximum Gasteiger partial charge on any atom is 0.0988 e. The fourth-order valence-corrected chi connectivity index (χ4v) is 0.527. The lowest BCUT2D eigenvalue weighted by Gasteiger charge is -1.96. The molecule has 0 aliphatic rings. The zero-order valence-corrected chi connectivity index (χ0v) is 5.92. The molecule has 0 aromatic rings. The van der Waals surface area contributed by atoms with E-state index in [9.17, 15) is 0 Å². The van der Waals surface area contributed by atoms with Crippen molar-refractivity contribution in [2.45, 2.75) is 19.8 Å². The molecule has 0 heterocycles. The molecule has 0 rings (SSSR count). The highest BCUT2D eigenvalue weighted by Crippen LogP contribution is 1.99. The first kappa shape index (κ1) is 7.63. The lowest BCUT2D eigenvalue weighted by Crippen LogP contribution is -2.09. The van der Waals surface area contributed by atoms with Gasteiger partial charge in [-0.05, 0) is 12.0 Å². The molecular formula is C6H11NS. The summed E-state index contributed by atoms with van der Waals surface area (Å²) in [4.78, 5) is 0.451. The third kappa shape index (κ3) is 2.75. The third-order valence-corrected chi connectivity index (χ3v) is 1.19. The van der Waals surface area contributed by atoms with Crippen molar-refractivity contribution in [1.29, 1.82) is 0 Å². The van der Waals surface area contributed by atoms with Gasteiger partial charge in [-0.15, -0.1) is 0 Å². The molecule has 0 aliphatic carbocycles. The molecule has 0 radical (unpaired) electrons. The van der Waals surface area contributed by atoms with E-state index >= 15 is 0 Å². The summed E-state index contributed by atoms with van der Waals surface area (Å²) < 4.78 is 0. The van der Waals surface area contributed by atoms with Crippen molar-refractivity contribution in [2.75, 3.05) is 0 Å². The van der Waals surface area contributed by atoms with Gasteiger partial charge in [0.1, 0.15) is 0 Å². The molecule has 0 atom stereocenters. The molecule has 0 aromatic heterocycles. The van der Waals surface area contributed by atoms with Crippen molar-refractivity contribution in [2.24, 2.45) is 5.73 Å². The molecule has 0 bridgehead atoms. The minimum atomic E-state index is 0.451. The van der Waals surface area contributed by atoms with Gasteiger partial charge in [0, 0.05) is 0 Å². The molecule has 0 amide bonds. The van der Waals surface area contributed by atoms with Gasteiger partial charge >= 0.3 is 0 Å².